The fourth-order valence-corrected chi connectivity index (χ4v) is 1.46. The van der Waals surface area contributed by atoms with Crippen LogP contribution in [0.15, 0.2) is 17.1 Å². The van der Waals surface area contributed by atoms with Crippen molar-refractivity contribution in [1.82, 2.24) is 9.55 Å². The minimum absolute atomic E-state index is 0.184. The maximum atomic E-state index is 11.3. The number of aromatic nitrogens is 2. The summed E-state index contributed by atoms with van der Waals surface area (Å²) in [5.41, 5.74) is 4.62. The molecule has 1 heterocycles. The summed E-state index contributed by atoms with van der Waals surface area (Å²) in [6.45, 7) is 0.297. The molecule has 0 aliphatic carbocycles. The Kier molecular flexibility index (Phi) is 4.20. The number of anilines is 1. The van der Waals surface area contributed by atoms with Crippen LogP contribution in [0.1, 0.15) is 0 Å². The van der Waals surface area contributed by atoms with Gasteiger partial charge in [0.2, 0.25) is 0 Å². The molecule has 3 unspecified atom stereocenters. The first-order chi connectivity index (χ1) is 7.04. The highest BCUT2D eigenvalue weighted by Crippen LogP contribution is 2.08. The molecule has 0 bridgehead atoms. The van der Waals surface area contributed by atoms with Crippen LogP contribution < -0.4 is 11.4 Å². The number of methoxy groups -OCH3 is 1. The monoisotopic (exact) mass is 231 g/mol. The van der Waals surface area contributed by atoms with Gasteiger partial charge in [-0.1, -0.05) is 0 Å². The van der Waals surface area contributed by atoms with Gasteiger partial charge in [-0.2, -0.15) is 4.98 Å². The van der Waals surface area contributed by atoms with Crippen molar-refractivity contribution in [1.29, 1.82) is 0 Å². The molecular weight excluding hydrogens is 217 g/mol. The third kappa shape index (κ3) is 3.27. The second-order valence-corrected chi connectivity index (χ2v) is 3.93. The Labute approximate surface area is 89.3 Å². The molecule has 0 aliphatic heterocycles. The van der Waals surface area contributed by atoms with Gasteiger partial charge in [0.25, 0.3) is 0 Å². The van der Waals surface area contributed by atoms with Crippen LogP contribution >= 0.6 is 9.24 Å². The van der Waals surface area contributed by atoms with Gasteiger partial charge in [-0.15, -0.1) is 9.24 Å². The molecular formula is C8H14N3O3P. The molecule has 6 nitrogen and oxygen atoms in total. The van der Waals surface area contributed by atoms with Crippen LogP contribution in [0.3, 0.4) is 0 Å². The molecule has 0 aromatic carbocycles. The van der Waals surface area contributed by atoms with E-state index >= 15 is 0 Å². The highest BCUT2D eigenvalue weighted by molar-refractivity contribution is 7.17. The lowest BCUT2D eigenvalue weighted by molar-refractivity contribution is -0.0760. The molecule has 0 fully saturated rings. The van der Waals surface area contributed by atoms with Gasteiger partial charge in [-0.05, 0) is 6.07 Å². The predicted octanol–water partition coefficient (Wildman–Crippen LogP) is -0.966. The topological polar surface area (TPSA) is 90.4 Å². The van der Waals surface area contributed by atoms with Gasteiger partial charge < -0.3 is 15.6 Å². The summed E-state index contributed by atoms with van der Waals surface area (Å²) in [7, 11) is 3.80. The third-order valence-corrected chi connectivity index (χ3v) is 2.45. The minimum atomic E-state index is -0.931. The number of nitrogens with two attached hydrogens (primary N) is 1. The Hall–Kier alpha value is -0.970. The number of hydrogen-bond acceptors (Lipinski definition) is 5. The van der Waals surface area contributed by atoms with Crippen molar-refractivity contribution in [2.24, 2.45) is 0 Å². The lowest BCUT2D eigenvalue weighted by Gasteiger charge is -2.17. The maximum Gasteiger partial charge on any atom is 0.349 e. The lowest BCUT2D eigenvalue weighted by atomic mass is 10.4. The molecule has 84 valence electrons. The minimum Gasteiger partial charge on any atom is -0.383 e. The number of nitrogens with zero attached hydrogens (tertiary/aromatic N) is 2. The van der Waals surface area contributed by atoms with E-state index in [9.17, 15) is 9.90 Å². The van der Waals surface area contributed by atoms with E-state index in [1.807, 2.05) is 0 Å². The van der Waals surface area contributed by atoms with Crippen molar-refractivity contribution in [3.63, 3.8) is 0 Å². The van der Waals surface area contributed by atoms with Gasteiger partial charge in [-0.3, -0.25) is 4.57 Å². The number of aliphatic hydroxyl groups excluding tert-OH is 1. The van der Waals surface area contributed by atoms with Crippen LogP contribution in [-0.2, 0) is 11.3 Å². The second kappa shape index (κ2) is 5.21. The maximum absolute atomic E-state index is 11.3. The van der Waals surface area contributed by atoms with Gasteiger partial charge in [-0.25, -0.2) is 4.79 Å². The largest absolute Gasteiger partial charge is 0.383 e. The molecule has 0 saturated heterocycles. The van der Waals surface area contributed by atoms with Crippen molar-refractivity contribution in [3.8, 4) is 0 Å². The normalized spacial score (nSPS) is 14.9. The zero-order valence-electron chi connectivity index (χ0n) is 8.33. The van der Waals surface area contributed by atoms with E-state index in [1.165, 1.54) is 23.9 Å². The highest BCUT2D eigenvalue weighted by Gasteiger charge is 2.14. The van der Waals surface area contributed by atoms with E-state index in [0.29, 0.717) is 6.54 Å². The summed E-state index contributed by atoms with van der Waals surface area (Å²) in [6.07, 6.45) is 0.601. The fraction of sp³-hybridized carbons (Fsp3) is 0.500. The Morgan fingerprint density at radius 2 is 2.47 bits per heavy atom. The number of ether oxygens (including phenoxy) is 1. The summed E-state index contributed by atoms with van der Waals surface area (Å²) in [5, 5.41) is 9.33. The van der Waals surface area contributed by atoms with Gasteiger partial charge >= 0.3 is 5.69 Å². The van der Waals surface area contributed by atoms with Gasteiger partial charge in [0.05, 0.1) is 0 Å². The molecule has 0 aliphatic rings. The SMILES string of the molecule is COC(O)C(P)Cn1ccc(N)nc1=O. The lowest BCUT2D eigenvalue weighted by Crippen LogP contribution is -2.32. The number of nitrogen functional groups attached to an aromatic ring is 1. The van der Waals surface area contributed by atoms with E-state index in [0.717, 1.165) is 0 Å². The van der Waals surface area contributed by atoms with Crippen LogP contribution in [-0.4, -0.2) is 33.7 Å². The molecule has 15 heavy (non-hydrogen) atoms. The van der Waals surface area contributed by atoms with Crippen LogP contribution in [0.5, 0.6) is 0 Å². The van der Waals surface area contributed by atoms with Crippen molar-refractivity contribution in [2.75, 3.05) is 12.8 Å². The van der Waals surface area contributed by atoms with E-state index < -0.39 is 12.0 Å². The molecule has 3 atom stereocenters. The first-order valence-electron chi connectivity index (χ1n) is 4.34. The molecule has 7 heteroatoms. The van der Waals surface area contributed by atoms with Crippen molar-refractivity contribution in [3.05, 3.63) is 22.7 Å². The quantitative estimate of drug-likeness (QED) is 0.514. The third-order valence-electron chi connectivity index (χ3n) is 1.91. The van der Waals surface area contributed by atoms with Crippen LogP contribution in [0, 0.1) is 0 Å². The van der Waals surface area contributed by atoms with Gasteiger partial charge in [0.15, 0.2) is 6.29 Å². The van der Waals surface area contributed by atoms with Crippen molar-refractivity contribution < 1.29 is 9.84 Å². The zero-order valence-corrected chi connectivity index (χ0v) is 9.48. The summed E-state index contributed by atoms with van der Waals surface area (Å²) >= 11 is 0. The average molecular weight is 231 g/mol. The molecule has 0 spiro atoms. The first-order valence-corrected chi connectivity index (χ1v) is 5.00. The van der Waals surface area contributed by atoms with Crippen LogP contribution in [0.4, 0.5) is 5.82 Å². The summed E-state index contributed by atoms with van der Waals surface area (Å²) in [5.74, 6) is 0.184. The summed E-state index contributed by atoms with van der Waals surface area (Å²) < 4.78 is 6.08. The zero-order chi connectivity index (χ0) is 11.4. The molecule has 0 radical (unpaired) electrons. The molecule has 0 saturated carbocycles. The molecule has 0 amide bonds. The molecule has 1 aromatic heterocycles. The van der Waals surface area contributed by atoms with Gasteiger partial charge in [0.1, 0.15) is 5.82 Å². The smallest absolute Gasteiger partial charge is 0.349 e. The van der Waals surface area contributed by atoms with Crippen LogP contribution in [0.25, 0.3) is 0 Å². The highest BCUT2D eigenvalue weighted by atomic mass is 31.0. The van der Waals surface area contributed by atoms with E-state index in [4.69, 9.17) is 10.5 Å². The number of aliphatic hydroxyl groups is 1. The fourth-order valence-electron chi connectivity index (χ4n) is 1.07. The molecule has 1 rings (SSSR count). The Morgan fingerprint density at radius 3 is 3.00 bits per heavy atom. The molecule has 3 N–H and O–H groups in total. The molecule has 1 aromatic rings. The van der Waals surface area contributed by atoms with Gasteiger partial charge in [0, 0.05) is 25.5 Å². The standard InChI is InChI=1S/C8H14N3O3P/c1-14-7(12)5(15)4-11-3-2-6(9)10-8(11)13/h2-3,5,7,12H,4,15H2,1H3,(H2,9,10,13). The average Bonchev–Trinajstić information content (AvgIpc) is 2.20. The first kappa shape index (κ1) is 12.1. The second-order valence-electron chi connectivity index (χ2n) is 3.08. The van der Waals surface area contributed by atoms with E-state index in [-0.39, 0.29) is 11.5 Å². The Balaban J connectivity index is 2.77. The van der Waals surface area contributed by atoms with E-state index in [1.54, 1.807) is 0 Å². The number of hydrogen-bond donors (Lipinski definition) is 2. The van der Waals surface area contributed by atoms with Crippen molar-refractivity contribution >= 4 is 15.1 Å². The Morgan fingerprint density at radius 1 is 1.80 bits per heavy atom. The summed E-state index contributed by atoms with van der Waals surface area (Å²) in [6, 6.07) is 1.53. The Bertz CT molecular complexity index is 382. The van der Waals surface area contributed by atoms with Crippen molar-refractivity contribution in [2.45, 2.75) is 18.5 Å². The number of rotatable bonds is 4. The van der Waals surface area contributed by atoms with E-state index in [2.05, 4.69) is 14.2 Å². The summed E-state index contributed by atoms with van der Waals surface area (Å²) in [4.78, 5) is 14.9. The predicted molar refractivity (Wildman–Crippen MR) is 59.4 cm³/mol. The van der Waals surface area contributed by atoms with Crippen LogP contribution in [0.2, 0.25) is 0 Å².